The SMILES string of the molecule is N=C1CC[C@@H](C(=O)NNC(=O)[C@@H]2CCN(OS(=O)(=O)O)C2)N(C=O)C1. The minimum atomic E-state index is -4.64. The molecule has 2 aliphatic rings. The number of hydrogen-bond donors (Lipinski definition) is 4. The van der Waals surface area contributed by atoms with Crippen LogP contribution in [-0.2, 0) is 29.1 Å². The minimum Gasteiger partial charge on any atom is -0.328 e. The molecule has 0 bridgehead atoms. The standard InChI is InChI=1S/C12H19N5O7S/c13-9-1-2-10(16(6-9)7-18)12(20)15-14-11(19)8-3-4-17(5-8)24-25(21,22)23/h7-8,10,13H,1-6H2,(H,14,19)(H,15,20)(H,21,22,23)/t8-,10+/m1/s1. The second kappa shape index (κ2) is 7.86. The molecule has 13 heteroatoms. The number of nitrogens with zero attached hydrogens (tertiary/aromatic N) is 2. The summed E-state index contributed by atoms with van der Waals surface area (Å²) in [6, 6.07) is -0.769. The molecular weight excluding hydrogens is 358 g/mol. The van der Waals surface area contributed by atoms with Crippen LogP contribution in [0.25, 0.3) is 0 Å². The second-order valence-electron chi connectivity index (χ2n) is 5.79. The van der Waals surface area contributed by atoms with Gasteiger partial charge in [0, 0.05) is 18.8 Å². The number of nitrogens with one attached hydrogen (secondary N) is 3. The number of carbonyl (C=O) groups is 3. The molecule has 140 valence electrons. The molecule has 0 aromatic heterocycles. The lowest BCUT2D eigenvalue weighted by molar-refractivity contribution is -0.136. The van der Waals surface area contributed by atoms with E-state index in [1.165, 1.54) is 4.90 Å². The summed E-state index contributed by atoms with van der Waals surface area (Å²) in [4.78, 5) is 36.3. The van der Waals surface area contributed by atoms with Gasteiger partial charge >= 0.3 is 10.4 Å². The van der Waals surface area contributed by atoms with E-state index in [1.807, 2.05) is 0 Å². The number of carbonyl (C=O) groups excluding carboxylic acids is 3. The highest BCUT2D eigenvalue weighted by Gasteiger charge is 2.33. The number of rotatable bonds is 5. The summed E-state index contributed by atoms with van der Waals surface area (Å²) in [6.07, 6.45) is 1.44. The number of amides is 3. The van der Waals surface area contributed by atoms with E-state index >= 15 is 0 Å². The van der Waals surface area contributed by atoms with Crippen molar-refractivity contribution in [2.45, 2.75) is 25.3 Å². The Balaban J connectivity index is 1.81. The Morgan fingerprint density at radius 1 is 1.28 bits per heavy atom. The zero-order chi connectivity index (χ0) is 18.6. The Morgan fingerprint density at radius 3 is 2.60 bits per heavy atom. The van der Waals surface area contributed by atoms with Crippen molar-refractivity contribution >= 4 is 34.3 Å². The number of piperidine rings is 1. The fourth-order valence-corrected chi connectivity index (χ4v) is 3.13. The first kappa shape index (κ1) is 19.2. The highest BCUT2D eigenvalue weighted by molar-refractivity contribution is 7.80. The predicted molar refractivity (Wildman–Crippen MR) is 82.1 cm³/mol. The summed E-state index contributed by atoms with van der Waals surface area (Å²) < 4.78 is 34.1. The first-order chi connectivity index (χ1) is 11.7. The Hall–Kier alpha value is -2.09. The summed E-state index contributed by atoms with van der Waals surface area (Å²) >= 11 is 0. The van der Waals surface area contributed by atoms with Gasteiger partial charge in [0.1, 0.15) is 6.04 Å². The summed E-state index contributed by atoms with van der Waals surface area (Å²) in [7, 11) is -4.64. The van der Waals surface area contributed by atoms with E-state index in [0.717, 1.165) is 5.06 Å². The number of hydrazine groups is 1. The molecule has 4 N–H and O–H groups in total. The van der Waals surface area contributed by atoms with Gasteiger partial charge in [-0.2, -0.15) is 17.8 Å². The van der Waals surface area contributed by atoms with E-state index in [1.54, 1.807) is 0 Å². The fraction of sp³-hybridized carbons (Fsp3) is 0.667. The van der Waals surface area contributed by atoms with E-state index in [0.29, 0.717) is 25.0 Å². The van der Waals surface area contributed by atoms with E-state index < -0.39 is 34.2 Å². The molecule has 0 spiro atoms. The topological polar surface area (TPSA) is 169 Å². The number of hydroxylamine groups is 2. The van der Waals surface area contributed by atoms with E-state index in [-0.39, 0.29) is 26.1 Å². The van der Waals surface area contributed by atoms with Crippen molar-refractivity contribution < 1.29 is 31.6 Å². The van der Waals surface area contributed by atoms with E-state index in [9.17, 15) is 22.8 Å². The van der Waals surface area contributed by atoms with Crippen molar-refractivity contribution in [2.75, 3.05) is 19.6 Å². The average molecular weight is 377 g/mol. The van der Waals surface area contributed by atoms with Gasteiger partial charge in [0.2, 0.25) is 12.3 Å². The van der Waals surface area contributed by atoms with Crippen molar-refractivity contribution in [1.29, 1.82) is 5.41 Å². The summed E-state index contributed by atoms with van der Waals surface area (Å²) in [6.45, 7) is 0.123. The summed E-state index contributed by atoms with van der Waals surface area (Å²) in [5.74, 6) is -1.75. The molecule has 2 aliphatic heterocycles. The number of hydrogen-bond acceptors (Lipinski definition) is 8. The lowest BCUT2D eigenvalue weighted by Gasteiger charge is -2.31. The van der Waals surface area contributed by atoms with Crippen LogP contribution >= 0.6 is 0 Å². The lowest BCUT2D eigenvalue weighted by Crippen LogP contribution is -2.55. The van der Waals surface area contributed by atoms with Crippen molar-refractivity contribution in [3.8, 4) is 0 Å². The third kappa shape index (κ3) is 5.45. The summed E-state index contributed by atoms with van der Waals surface area (Å²) in [5.41, 5.74) is 4.82. The van der Waals surface area contributed by atoms with Gasteiger partial charge in [-0.3, -0.25) is 29.8 Å². The molecule has 0 aliphatic carbocycles. The monoisotopic (exact) mass is 377 g/mol. The van der Waals surface area contributed by atoms with Crippen molar-refractivity contribution in [2.24, 2.45) is 5.92 Å². The lowest BCUT2D eigenvalue weighted by atomic mass is 10.0. The molecule has 2 saturated heterocycles. The van der Waals surface area contributed by atoms with Gasteiger partial charge in [0.05, 0.1) is 12.5 Å². The smallest absolute Gasteiger partial charge is 0.328 e. The van der Waals surface area contributed by atoms with Crippen LogP contribution in [0.15, 0.2) is 0 Å². The molecule has 0 aromatic rings. The maximum Gasteiger partial charge on any atom is 0.413 e. The van der Waals surface area contributed by atoms with Crippen LogP contribution in [0, 0.1) is 11.3 Å². The molecule has 0 radical (unpaired) electrons. The molecule has 2 heterocycles. The van der Waals surface area contributed by atoms with Gasteiger partial charge in [-0.05, 0) is 19.3 Å². The second-order valence-corrected chi connectivity index (χ2v) is 6.79. The predicted octanol–water partition coefficient (Wildman–Crippen LogP) is -2.17. The molecular formula is C12H19N5O7S. The maximum absolute atomic E-state index is 12.1. The molecule has 2 rings (SSSR count). The molecule has 25 heavy (non-hydrogen) atoms. The van der Waals surface area contributed by atoms with Crippen LogP contribution in [0.5, 0.6) is 0 Å². The molecule has 0 aromatic carbocycles. The van der Waals surface area contributed by atoms with Crippen LogP contribution in [0.4, 0.5) is 0 Å². The van der Waals surface area contributed by atoms with Gasteiger partial charge in [-0.25, -0.2) is 0 Å². The van der Waals surface area contributed by atoms with Crippen LogP contribution in [0.2, 0.25) is 0 Å². The van der Waals surface area contributed by atoms with Gasteiger partial charge in [0.25, 0.3) is 5.91 Å². The third-order valence-electron chi connectivity index (χ3n) is 3.96. The van der Waals surface area contributed by atoms with Crippen molar-refractivity contribution in [1.82, 2.24) is 20.8 Å². The van der Waals surface area contributed by atoms with Crippen LogP contribution < -0.4 is 10.9 Å². The molecule has 0 saturated carbocycles. The molecule has 0 unspecified atom stereocenters. The highest BCUT2D eigenvalue weighted by Crippen LogP contribution is 2.17. The quantitative estimate of drug-likeness (QED) is 0.238. The van der Waals surface area contributed by atoms with Gasteiger partial charge in [0.15, 0.2) is 0 Å². The normalized spacial score (nSPS) is 24.8. The maximum atomic E-state index is 12.1. The Bertz CT molecular complexity index is 667. The van der Waals surface area contributed by atoms with Crippen molar-refractivity contribution in [3.63, 3.8) is 0 Å². The largest absolute Gasteiger partial charge is 0.413 e. The van der Waals surface area contributed by atoms with E-state index in [2.05, 4.69) is 15.1 Å². The van der Waals surface area contributed by atoms with Gasteiger partial charge in [-0.1, -0.05) is 0 Å². The van der Waals surface area contributed by atoms with Crippen LogP contribution in [0.1, 0.15) is 19.3 Å². The van der Waals surface area contributed by atoms with Crippen LogP contribution in [-0.4, -0.2) is 72.5 Å². The number of likely N-dealkylation sites (tertiary alicyclic amines) is 1. The molecule has 2 fully saturated rings. The van der Waals surface area contributed by atoms with Crippen molar-refractivity contribution in [3.05, 3.63) is 0 Å². The van der Waals surface area contributed by atoms with Gasteiger partial charge in [-0.15, -0.1) is 0 Å². The third-order valence-corrected chi connectivity index (χ3v) is 4.36. The van der Waals surface area contributed by atoms with Gasteiger partial charge < -0.3 is 10.3 Å². The fourth-order valence-electron chi connectivity index (χ4n) is 2.73. The molecule has 3 amide bonds. The zero-order valence-corrected chi connectivity index (χ0v) is 14.0. The molecule has 12 nitrogen and oxygen atoms in total. The van der Waals surface area contributed by atoms with Crippen LogP contribution in [0.3, 0.4) is 0 Å². The first-order valence-corrected chi connectivity index (χ1v) is 8.85. The average Bonchev–Trinajstić information content (AvgIpc) is 2.98. The highest BCUT2D eigenvalue weighted by atomic mass is 32.3. The Morgan fingerprint density at radius 2 is 1.96 bits per heavy atom. The minimum absolute atomic E-state index is 0.0669. The Labute approximate surface area is 143 Å². The van der Waals surface area contributed by atoms with E-state index in [4.69, 9.17) is 9.96 Å². The first-order valence-electron chi connectivity index (χ1n) is 7.48. The molecule has 2 atom stereocenters. The summed E-state index contributed by atoms with van der Waals surface area (Å²) in [5, 5.41) is 8.47. The zero-order valence-electron chi connectivity index (χ0n) is 13.2. The Kier molecular flexibility index (Phi) is 6.05.